The molecule has 2 amide bonds. The second-order valence-corrected chi connectivity index (χ2v) is 4.36. The predicted molar refractivity (Wildman–Crippen MR) is 74.7 cm³/mol. The number of amides is 2. The van der Waals surface area contributed by atoms with Crippen LogP contribution in [0.1, 0.15) is 12.0 Å². The first-order valence-electron chi connectivity index (χ1n) is 6.03. The van der Waals surface area contributed by atoms with Gasteiger partial charge in [0, 0.05) is 13.1 Å². The number of benzene rings is 1. The molecule has 1 unspecified atom stereocenters. The highest BCUT2D eigenvalue weighted by molar-refractivity contribution is 5.89. The van der Waals surface area contributed by atoms with Crippen LogP contribution in [0.3, 0.4) is 0 Å². The standard InChI is InChI=1S/C13H17N3O2.ClH/c14-8-12(17)15-11-6-7-16(13(11)18)9-10-4-2-1-3-5-10;/h1-5,11H,6-9,14H2,(H,15,17);1H. The van der Waals surface area contributed by atoms with E-state index in [1.807, 2.05) is 30.3 Å². The summed E-state index contributed by atoms with van der Waals surface area (Å²) in [5, 5.41) is 2.64. The topological polar surface area (TPSA) is 75.4 Å². The van der Waals surface area contributed by atoms with Gasteiger partial charge in [0.25, 0.3) is 0 Å². The van der Waals surface area contributed by atoms with Gasteiger partial charge in [0.1, 0.15) is 6.04 Å². The van der Waals surface area contributed by atoms with Gasteiger partial charge in [-0.3, -0.25) is 9.59 Å². The lowest BCUT2D eigenvalue weighted by molar-refractivity contribution is -0.132. The summed E-state index contributed by atoms with van der Waals surface area (Å²) in [6.07, 6.45) is 0.650. The fourth-order valence-corrected chi connectivity index (χ4v) is 2.09. The van der Waals surface area contributed by atoms with E-state index >= 15 is 0 Å². The fourth-order valence-electron chi connectivity index (χ4n) is 2.09. The molecule has 1 heterocycles. The van der Waals surface area contributed by atoms with Gasteiger partial charge in [0.15, 0.2) is 0 Å². The molecule has 0 aliphatic carbocycles. The number of hydrogen-bond acceptors (Lipinski definition) is 3. The SMILES string of the molecule is Cl.NCC(=O)NC1CCN(Cc2ccccc2)C1=O. The van der Waals surface area contributed by atoms with Gasteiger partial charge < -0.3 is 16.0 Å². The Morgan fingerprint density at radius 1 is 1.37 bits per heavy atom. The van der Waals surface area contributed by atoms with Gasteiger partial charge >= 0.3 is 0 Å². The molecule has 0 spiro atoms. The average Bonchev–Trinajstić information content (AvgIpc) is 2.73. The van der Waals surface area contributed by atoms with Crippen molar-refractivity contribution in [3.63, 3.8) is 0 Å². The second kappa shape index (κ2) is 7.11. The van der Waals surface area contributed by atoms with Crippen molar-refractivity contribution in [1.29, 1.82) is 0 Å². The van der Waals surface area contributed by atoms with Crippen LogP contribution in [-0.4, -0.2) is 35.8 Å². The van der Waals surface area contributed by atoms with Crippen LogP contribution in [0.2, 0.25) is 0 Å². The average molecular weight is 284 g/mol. The summed E-state index contributed by atoms with van der Waals surface area (Å²) in [5.41, 5.74) is 6.31. The lowest BCUT2D eigenvalue weighted by Crippen LogP contribution is -2.43. The molecule has 6 heteroatoms. The zero-order valence-electron chi connectivity index (χ0n) is 10.5. The van der Waals surface area contributed by atoms with Gasteiger partial charge in [0.05, 0.1) is 6.54 Å². The molecule has 0 aromatic heterocycles. The Kier molecular flexibility index (Phi) is 5.79. The van der Waals surface area contributed by atoms with Crippen LogP contribution >= 0.6 is 12.4 Å². The van der Waals surface area contributed by atoms with Crippen molar-refractivity contribution in [3.05, 3.63) is 35.9 Å². The monoisotopic (exact) mass is 283 g/mol. The van der Waals surface area contributed by atoms with Crippen LogP contribution in [0.5, 0.6) is 0 Å². The van der Waals surface area contributed by atoms with Crippen LogP contribution in [0, 0.1) is 0 Å². The number of carbonyl (C=O) groups excluding carboxylic acids is 2. The molecule has 1 aliphatic heterocycles. The summed E-state index contributed by atoms with van der Waals surface area (Å²) in [5.74, 6) is -0.310. The van der Waals surface area contributed by atoms with Gasteiger partial charge in [-0.15, -0.1) is 12.4 Å². The lowest BCUT2D eigenvalue weighted by atomic mass is 10.2. The van der Waals surface area contributed by atoms with Crippen LogP contribution in [0.25, 0.3) is 0 Å². The van der Waals surface area contributed by atoms with E-state index in [9.17, 15) is 9.59 Å². The summed E-state index contributed by atoms with van der Waals surface area (Å²) in [4.78, 5) is 25.0. The minimum absolute atomic E-state index is 0. The number of nitrogens with one attached hydrogen (secondary N) is 1. The van der Waals surface area contributed by atoms with E-state index in [1.165, 1.54) is 0 Å². The number of halogens is 1. The van der Waals surface area contributed by atoms with Crippen LogP contribution < -0.4 is 11.1 Å². The smallest absolute Gasteiger partial charge is 0.245 e. The van der Waals surface area contributed by atoms with Crippen molar-refractivity contribution >= 4 is 24.2 Å². The largest absolute Gasteiger partial charge is 0.343 e. The zero-order valence-corrected chi connectivity index (χ0v) is 11.4. The van der Waals surface area contributed by atoms with Gasteiger partial charge in [-0.2, -0.15) is 0 Å². The maximum atomic E-state index is 12.0. The molecule has 1 aromatic rings. The molecule has 1 saturated heterocycles. The Morgan fingerprint density at radius 3 is 2.68 bits per heavy atom. The molecule has 0 saturated carbocycles. The molecular formula is C13H18ClN3O2. The van der Waals surface area contributed by atoms with Crippen molar-refractivity contribution in [2.45, 2.75) is 19.0 Å². The van der Waals surface area contributed by atoms with E-state index in [0.29, 0.717) is 19.5 Å². The van der Waals surface area contributed by atoms with E-state index in [2.05, 4.69) is 5.32 Å². The van der Waals surface area contributed by atoms with E-state index < -0.39 is 6.04 Å². The molecular weight excluding hydrogens is 266 g/mol. The fraction of sp³-hybridized carbons (Fsp3) is 0.385. The number of nitrogens with zero attached hydrogens (tertiary/aromatic N) is 1. The predicted octanol–water partition coefficient (Wildman–Crippen LogP) is 0.284. The third kappa shape index (κ3) is 3.94. The molecule has 5 nitrogen and oxygen atoms in total. The molecule has 1 atom stereocenters. The molecule has 104 valence electrons. The van der Waals surface area contributed by atoms with Gasteiger partial charge in [-0.05, 0) is 12.0 Å². The Balaban J connectivity index is 0.00000180. The quantitative estimate of drug-likeness (QED) is 0.834. The zero-order chi connectivity index (χ0) is 13.0. The molecule has 19 heavy (non-hydrogen) atoms. The molecule has 2 rings (SSSR count). The van der Waals surface area contributed by atoms with E-state index in [-0.39, 0.29) is 30.8 Å². The van der Waals surface area contributed by atoms with Gasteiger partial charge in [-0.1, -0.05) is 30.3 Å². The van der Waals surface area contributed by atoms with E-state index in [4.69, 9.17) is 5.73 Å². The highest BCUT2D eigenvalue weighted by atomic mass is 35.5. The summed E-state index contributed by atoms with van der Waals surface area (Å²) >= 11 is 0. The Bertz CT molecular complexity index is 439. The highest BCUT2D eigenvalue weighted by Crippen LogP contribution is 2.14. The highest BCUT2D eigenvalue weighted by Gasteiger charge is 2.32. The number of rotatable bonds is 4. The summed E-state index contributed by atoms with van der Waals surface area (Å²) in [6, 6.07) is 9.40. The first-order chi connectivity index (χ1) is 8.70. The first kappa shape index (κ1) is 15.5. The Labute approximate surface area is 118 Å². The number of nitrogens with two attached hydrogens (primary N) is 1. The Morgan fingerprint density at radius 2 is 2.05 bits per heavy atom. The molecule has 0 bridgehead atoms. The van der Waals surface area contributed by atoms with Crippen LogP contribution in [0.4, 0.5) is 0 Å². The maximum absolute atomic E-state index is 12.0. The molecule has 0 radical (unpaired) electrons. The normalized spacial score (nSPS) is 18.1. The third-order valence-corrected chi connectivity index (χ3v) is 3.03. The van der Waals surface area contributed by atoms with Crippen molar-refractivity contribution in [1.82, 2.24) is 10.2 Å². The van der Waals surface area contributed by atoms with Crippen molar-refractivity contribution < 1.29 is 9.59 Å². The number of hydrogen-bond donors (Lipinski definition) is 2. The van der Waals surface area contributed by atoms with Crippen molar-refractivity contribution in [2.24, 2.45) is 5.73 Å². The van der Waals surface area contributed by atoms with E-state index in [1.54, 1.807) is 4.90 Å². The van der Waals surface area contributed by atoms with Crippen LogP contribution in [-0.2, 0) is 16.1 Å². The third-order valence-electron chi connectivity index (χ3n) is 3.03. The first-order valence-corrected chi connectivity index (χ1v) is 6.03. The second-order valence-electron chi connectivity index (χ2n) is 4.36. The van der Waals surface area contributed by atoms with Crippen LogP contribution in [0.15, 0.2) is 30.3 Å². The number of likely N-dealkylation sites (tertiary alicyclic amines) is 1. The van der Waals surface area contributed by atoms with Gasteiger partial charge in [-0.25, -0.2) is 0 Å². The number of carbonyl (C=O) groups is 2. The maximum Gasteiger partial charge on any atom is 0.245 e. The minimum Gasteiger partial charge on any atom is -0.343 e. The summed E-state index contributed by atoms with van der Waals surface area (Å²) in [7, 11) is 0. The van der Waals surface area contributed by atoms with E-state index in [0.717, 1.165) is 5.56 Å². The van der Waals surface area contributed by atoms with Gasteiger partial charge in [0.2, 0.25) is 11.8 Å². The van der Waals surface area contributed by atoms with Crippen molar-refractivity contribution in [3.8, 4) is 0 Å². The van der Waals surface area contributed by atoms with Crippen molar-refractivity contribution in [2.75, 3.05) is 13.1 Å². The summed E-state index contributed by atoms with van der Waals surface area (Å²) < 4.78 is 0. The molecule has 1 fully saturated rings. The summed E-state index contributed by atoms with van der Waals surface area (Å²) in [6.45, 7) is 1.18. The minimum atomic E-state index is -0.412. The molecule has 1 aromatic carbocycles. The Hall–Kier alpha value is -1.59. The lowest BCUT2D eigenvalue weighted by Gasteiger charge is -2.17. The molecule has 3 N–H and O–H groups in total. The molecule has 1 aliphatic rings.